The van der Waals surface area contributed by atoms with E-state index in [1.807, 2.05) is 24.3 Å². The van der Waals surface area contributed by atoms with Crippen molar-refractivity contribution in [3.8, 4) is 0 Å². The lowest BCUT2D eigenvalue weighted by Crippen LogP contribution is -2.36. The number of hydrogen-bond donors (Lipinski definition) is 2. The first-order valence-electron chi connectivity index (χ1n) is 6.66. The lowest BCUT2D eigenvalue weighted by Gasteiger charge is -2.28. The van der Waals surface area contributed by atoms with Crippen molar-refractivity contribution in [2.24, 2.45) is 5.84 Å². The molecule has 0 spiro atoms. The SMILES string of the molecule is NNC(=O)c1ccoc1CN1C(=O)CCc2ccccc21. The van der Waals surface area contributed by atoms with Crippen LogP contribution in [0.1, 0.15) is 28.1 Å². The second-order valence-electron chi connectivity index (χ2n) is 4.84. The van der Waals surface area contributed by atoms with Crippen LogP contribution in [0.3, 0.4) is 0 Å². The van der Waals surface area contributed by atoms with E-state index in [1.165, 1.54) is 12.3 Å². The molecule has 108 valence electrons. The number of anilines is 1. The number of para-hydroxylation sites is 1. The topological polar surface area (TPSA) is 88.6 Å². The Balaban J connectivity index is 1.93. The second kappa shape index (κ2) is 5.41. The van der Waals surface area contributed by atoms with Crippen molar-refractivity contribution in [2.45, 2.75) is 19.4 Å². The molecule has 1 aliphatic heterocycles. The van der Waals surface area contributed by atoms with Crippen LogP contribution in [0.4, 0.5) is 5.69 Å². The van der Waals surface area contributed by atoms with Crippen molar-refractivity contribution in [1.82, 2.24) is 5.43 Å². The highest BCUT2D eigenvalue weighted by atomic mass is 16.3. The van der Waals surface area contributed by atoms with E-state index in [1.54, 1.807) is 4.90 Å². The molecule has 0 aliphatic carbocycles. The van der Waals surface area contributed by atoms with Crippen LogP contribution in [0, 0.1) is 0 Å². The van der Waals surface area contributed by atoms with Crippen LogP contribution in [-0.4, -0.2) is 11.8 Å². The molecule has 2 heterocycles. The fourth-order valence-electron chi connectivity index (χ4n) is 2.56. The Morgan fingerprint density at radius 2 is 2.10 bits per heavy atom. The number of carbonyl (C=O) groups excluding carboxylic acids is 2. The molecule has 1 aliphatic rings. The van der Waals surface area contributed by atoms with Gasteiger partial charge in [0, 0.05) is 12.1 Å². The predicted molar refractivity (Wildman–Crippen MR) is 76.3 cm³/mol. The molecular formula is C15H15N3O3. The lowest BCUT2D eigenvalue weighted by molar-refractivity contribution is -0.119. The van der Waals surface area contributed by atoms with Gasteiger partial charge in [0.15, 0.2) is 0 Å². The second-order valence-corrected chi connectivity index (χ2v) is 4.84. The fourth-order valence-corrected chi connectivity index (χ4v) is 2.56. The summed E-state index contributed by atoms with van der Waals surface area (Å²) in [6.45, 7) is 0.214. The number of furan rings is 1. The third-order valence-electron chi connectivity index (χ3n) is 3.61. The summed E-state index contributed by atoms with van der Waals surface area (Å²) in [5, 5.41) is 0. The summed E-state index contributed by atoms with van der Waals surface area (Å²) in [6, 6.07) is 9.29. The molecule has 0 radical (unpaired) electrons. The molecule has 6 nitrogen and oxygen atoms in total. The number of amides is 2. The molecule has 0 atom stereocenters. The normalized spacial score (nSPS) is 14.0. The molecule has 1 aromatic carbocycles. The average Bonchev–Trinajstić information content (AvgIpc) is 2.97. The summed E-state index contributed by atoms with van der Waals surface area (Å²) in [7, 11) is 0. The van der Waals surface area contributed by atoms with Gasteiger partial charge in [0.2, 0.25) is 5.91 Å². The van der Waals surface area contributed by atoms with E-state index in [9.17, 15) is 9.59 Å². The zero-order valence-corrected chi connectivity index (χ0v) is 11.3. The van der Waals surface area contributed by atoms with E-state index >= 15 is 0 Å². The highest BCUT2D eigenvalue weighted by Crippen LogP contribution is 2.29. The van der Waals surface area contributed by atoms with Gasteiger partial charge in [-0.2, -0.15) is 0 Å². The zero-order chi connectivity index (χ0) is 14.8. The van der Waals surface area contributed by atoms with Crippen molar-refractivity contribution < 1.29 is 14.0 Å². The van der Waals surface area contributed by atoms with Crippen LogP contribution in [-0.2, 0) is 17.8 Å². The minimum absolute atomic E-state index is 0.0178. The molecule has 0 saturated carbocycles. The van der Waals surface area contributed by atoms with E-state index in [-0.39, 0.29) is 12.5 Å². The van der Waals surface area contributed by atoms with E-state index in [2.05, 4.69) is 5.43 Å². The third-order valence-corrected chi connectivity index (χ3v) is 3.61. The first-order valence-corrected chi connectivity index (χ1v) is 6.66. The molecule has 2 amide bonds. The summed E-state index contributed by atoms with van der Waals surface area (Å²) in [5.74, 6) is 5.15. The van der Waals surface area contributed by atoms with Crippen LogP contribution in [0.5, 0.6) is 0 Å². The van der Waals surface area contributed by atoms with Crippen LogP contribution in [0.25, 0.3) is 0 Å². The lowest BCUT2D eigenvalue weighted by atomic mass is 10.0. The van der Waals surface area contributed by atoms with Gasteiger partial charge < -0.3 is 9.32 Å². The van der Waals surface area contributed by atoms with Crippen molar-refractivity contribution in [3.63, 3.8) is 0 Å². The van der Waals surface area contributed by atoms with E-state index in [0.29, 0.717) is 17.7 Å². The zero-order valence-electron chi connectivity index (χ0n) is 11.3. The van der Waals surface area contributed by atoms with Gasteiger partial charge in [0.1, 0.15) is 5.76 Å². The van der Waals surface area contributed by atoms with Gasteiger partial charge in [-0.25, -0.2) is 5.84 Å². The summed E-state index contributed by atoms with van der Waals surface area (Å²) in [6.07, 6.45) is 2.61. The standard InChI is InChI=1S/C15H15N3O3/c16-17-15(20)11-7-8-21-13(11)9-18-12-4-2-1-3-10(12)5-6-14(18)19/h1-4,7-8H,5-6,9,16H2,(H,17,20). The molecule has 21 heavy (non-hydrogen) atoms. The number of fused-ring (bicyclic) bond motifs is 1. The summed E-state index contributed by atoms with van der Waals surface area (Å²) in [4.78, 5) is 25.5. The van der Waals surface area contributed by atoms with Gasteiger partial charge in [-0.05, 0) is 24.1 Å². The number of benzene rings is 1. The largest absolute Gasteiger partial charge is 0.467 e. The fraction of sp³-hybridized carbons (Fsp3) is 0.200. The number of rotatable bonds is 3. The highest BCUT2D eigenvalue weighted by molar-refractivity contribution is 5.98. The van der Waals surface area contributed by atoms with Crippen LogP contribution < -0.4 is 16.2 Å². The van der Waals surface area contributed by atoms with E-state index < -0.39 is 5.91 Å². The van der Waals surface area contributed by atoms with E-state index in [4.69, 9.17) is 10.3 Å². The van der Waals surface area contributed by atoms with E-state index in [0.717, 1.165) is 17.7 Å². The summed E-state index contributed by atoms with van der Waals surface area (Å²) in [5.41, 5.74) is 4.40. The van der Waals surface area contributed by atoms with Crippen LogP contribution in [0.2, 0.25) is 0 Å². The molecule has 0 unspecified atom stereocenters. The summed E-state index contributed by atoms with van der Waals surface area (Å²) < 4.78 is 5.34. The maximum absolute atomic E-state index is 12.2. The Kier molecular flexibility index (Phi) is 3.45. The van der Waals surface area contributed by atoms with Crippen LogP contribution >= 0.6 is 0 Å². The van der Waals surface area contributed by atoms with Crippen molar-refractivity contribution in [3.05, 3.63) is 53.5 Å². The average molecular weight is 285 g/mol. The quantitative estimate of drug-likeness (QED) is 0.506. The van der Waals surface area contributed by atoms with Gasteiger partial charge in [0.05, 0.1) is 18.4 Å². The Morgan fingerprint density at radius 3 is 2.90 bits per heavy atom. The minimum Gasteiger partial charge on any atom is -0.467 e. The maximum Gasteiger partial charge on any atom is 0.268 e. The molecular weight excluding hydrogens is 270 g/mol. The molecule has 0 fully saturated rings. The highest BCUT2D eigenvalue weighted by Gasteiger charge is 2.26. The predicted octanol–water partition coefficient (Wildman–Crippen LogP) is 1.36. The molecule has 1 aromatic heterocycles. The van der Waals surface area contributed by atoms with Crippen molar-refractivity contribution >= 4 is 17.5 Å². The first-order chi connectivity index (χ1) is 10.2. The molecule has 0 bridgehead atoms. The Hall–Kier alpha value is -2.60. The van der Waals surface area contributed by atoms with Gasteiger partial charge in [-0.15, -0.1) is 0 Å². The monoisotopic (exact) mass is 285 g/mol. The smallest absolute Gasteiger partial charge is 0.268 e. The Bertz CT molecular complexity index is 693. The number of nitrogen functional groups attached to an aromatic ring is 1. The number of aryl methyl sites for hydroxylation is 1. The number of nitrogens with zero attached hydrogens (tertiary/aromatic N) is 1. The Morgan fingerprint density at radius 1 is 1.29 bits per heavy atom. The maximum atomic E-state index is 12.2. The van der Waals surface area contributed by atoms with Gasteiger partial charge in [0.25, 0.3) is 5.91 Å². The number of carbonyl (C=O) groups is 2. The molecule has 0 saturated heterocycles. The van der Waals surface area contributed by atoms with Gasteiger partial charge in [-0.1, -0.05) is 18.2 Å². The Labute approximate surface area is 121 Å². The van der Waals surface area contributed by atoms with Gasteiger partial charge >= 0.3 is 0 Å². The minimum atomic E-state index is -0.434. The van der Waals surface area contributed by atoms with Crippen LogP contribution in [0.15, 0.2) is 41.0 Å². The first kappa shape index (κ1) is 13.4. The third kappa shape index (κ3) is 2.41. The molecule has 3 rings (SSSR count). The van der Waals surface area contributed by atoms with Gasteiger partial charge in [-0.3, -0.25) is 15.0 Å². The number of nitrogens with two attached hydrogens (primary N) is 1. The number of nitrogens with one attached hydrogen (secondary N) is 1. The number of hydrogen-bond acceptors (Lipinski definition) is 4. The van der Waals surface area contributed by atoms with Crippen molar-refractivity contribution in [1.29, 1.82) is 0 Å². The number of hydrazine groups is 1. The molecule has 2 aromatic rings. The molecule has 3 N–H and O–H groups in total. The molecule has 6 heteroatoms. The summed E-state index contributed by atoms with van der Waals surface area (Å²) >= 11 is 0. The van der Waals surface area contributed by atoms with Crippen molar-refractivity contribution in [2.75, 3.05) is 4.90 Å².